The molecule has 5 aromatic rings. The highest BCUT2D eigenvalue weighted by Gasteiger charge is 2.17. The molecular weight excluding hydrogens is 446 g/mol. The quantitative estimate of drug-likeness (QED) is 0.406. The summed E-state index contributed by atoms with van der Waals surface area (Å²) in [6.45, 7) is 0.146. The Morgan fingerprint density at radius 3 is 2.48 bits per heavy atom. The number of aromatic nitrogens is 5. The van der Waals surface area contributed by atoms with Crippen molar-refractivity contribution in [2.75, 3.05) is 5.32 Å². The van der Waals surface area contributed by atoms with Crippen LogP contribution >= 0.6 is 11.3 Å². The van der Waals surface area contributed by atoms with E-state index in [2.05, 4.69) is 25.3 Å². The van der Waals surface area contributed by atoms with Crippen molar-refractivity contribution in [3.05, 3.63) is 99.6 Å². The highest BCUT2D eigenvalue weighted by atomic mass is 32.1. The molecule has 164 valence electrons. The molecule has 0 aliphatic heterocycles. The van der Waals surface area contributed by atoms with Gasteiger partial charge in [-0.05, 0) is 42.0 Å². The van der Waals surface area contributed by atoms with Gasteiger partial charge in [0.25, 0.3) is 5.56 Å². The molecule has 0 amide bonds. The fourth-order valence-corrected chi connectivity index (χ4v) is 4.01. The highest BCUT2D eigenvalue weighted by Crippen LogP contribution is 2.21. The maximum absolute atomic E-state index is 14.0. The number of fused-ring (bicyclic) bond motifs is 1. The Hall–Kier alpha value is -4.05. The van der Waals surface area contributed by atoms with Gasteiger partial charge in [0.05, 0.1) is 6.54 Å². The van der Waals surface area contributed by atoms with Crippen LogP contribution in [0.5, 0.6) is 0 Å². The number of thiazole rings is 1. The van der Waals surface area contributed by atoms with Gasteiger partial charge >= 0.3 is 0 Å². The van der Waals surface area contributed by atoms with E-state index in [1.807, 2.05) is 12.1 Å². The first-order valence-electron chi connectivity index (χ1n) is 9.97. The number of hydrogen-bond donors (Lipinski definition) is 1. The Bertz CT molecular complexity index is 1470. The molecule has 0 aliphatic rings. The summed E-state index contributed by atoms with van der Waals surface area (Å²) in [6, 6.07) is 10.7. The molecule has 5 rings (SSSR count). The van der Waals surface area contributed by atoms with Gasteiger partial charge in [-0.15, -0.1) is 11.3 Å². The fraction of sp³-hybridized carbons (Fsp3) is 0.0870. The normalized spacial score (nSPS) is 11.1. The van der Waals surface area contributed by atoms with E-state index in [9.17, 15) is 13.6 Å². The summed E-state index contributed by atoms with van der Waals surface area (Å²) in [7, 11) is 0. The molecule has 0 atom stereocenters. The summed E-state index contributed by atoms with van der Waals surface area (Å²) in [5.41, 5.74) is 1.51. The van der Waals surface area contributed by atoms with Crippen molar-refractivity contribution in [2.45, 2.75) is 13.1 Å². The van der Waals surface area contributed by atoms with E-state index in [-0.39, 0.29) is 29.9 Å². The predicted octanol–water partition coefficient (Wildman–Crippen LogP) is 4.25. The third kappa shape index (κ3) is 4.20. The van der Waals surface area contributed by atoms with E-state index >= 15 is 0 Å². The van der Waals surface area contributed by atoms with Gasteiger partial charge in [0.2, 0.25) is 0 Å². The average Bonchev–Trinajstić information content (AvgIpc) is 3.36. The number of pyridine rings is 2. The lowest BCUT2D eigenvalue weighted by molar-refractivity contribution is 0.560. The fourth-order valence-electron chi connectivity index (χ4n) is 3.39. The predicted molar refractivity (Wildman–Crippen MR) is 122 cm³/mol. The van der Waals surface area contributed by atoms with Gasteiger partial charge < -0.3 is 5.32 Å². The Morgan fingerprint density at radius 2 is 1.76 bits per heavy atom. The van der Waals surface area contributed by atoms with Crippen LogP contribution < -0.4 is 10.9 Å². The monoisotopic (exact) mass is 462 g/mol. The molecule has 10 heteroatoms. The summed E-state index contributed by atoms with van der Waals surface area (Å²) in [4.78, 5) is 30.6. The largest absolute Gasteiger partial charge is 0.366 e. The molecule has 0 bridgehead atoms. The van der Waals surface area contributed by atoms with Crippen LogP contribution in [0.15, 0.2) is 71.2 Å². The molecule has 0 saturated heterocycles. The maximum atomic E-state index is 14.0. The highest BCUT2D eigenvalue weighted by molar-refractivity contribution is 7.13. The minimum atomic E-state index is -0.646. The molecule has 4 heterocycles. The SMILES string of the molecule is O=c1c(-c2nccs2)nc2ccc(NCc3c(F)cccc3F)nc2n1Cc1ccncc1. The molecule has 0 saturated carbocycles. The van der Waals surface area contributed by atoms with Crippen molar-refractivity contribution in [3.63, 3.8) is 0 Å². The molecule has 7 nitrogen and oxygen atoms in total. The van der Waals surface area contributed by atoms with Crippen molar-refractivity contribution in [1.82, 2.24) is 24.5 Å². The zero-order chi connectivity index (χ0) is 22.8. The maximum Gasteiger partial charge on any atom is 0.281 e. The Balaban J connectivity index is 1.58. The van der Waals surface area contributed by atoms with Gasteiger partial charge in [-0.2, -0.15) is 0 Å². The van der Waals surface area contributed by atoms with Crippen molar-refractivity contribution in [1.29, 1.82) is 0 Å². The van der Waals surface area contributed by atoms with Crippen LogP contribution in [0.3, 0.4) is 0 Å². The molecule has 0 radical (unpaired) electrons. The smallest absolute Gasteiger partial charge is 0.281 e. The first kappa shape index (κ1) is 20.8. The summed E-state index contributed by atoms with van der Waals surface area (Å²) in [5, 5.41) is 5.23. The lowest BCUT2D eigenvalue weighted by Crippen LogP contribution is -2.25. The third-order valence-electron chi connectivity index (χ3n) is 5.02. The zero-order valence-electron chi connectivity index (χ0n) is 17.1. The van der Waals surface area contributed by atoms with E-state index in [1.165, 1.54) is 34.1 Å². The molecule has 0 fully saturated rings. The summed E-state index contributed by atoms with van der Waals surface area (Å²) < 4.78 is 29.5. The molecule has 1 N–H and O–H groups in total. The van der Waals surface area contributed by atoms with E-state index < -0.39 is 11.6 Å². The first-order valence-corrected chi connectivity index (χ1v) is 10.9. The standard InChI is InChI=1S/C23H16F2N6OS/c24-16-2-1-3-17(25)15(16)12-28-19-5-4-18-21(30-19)31(13-14-6-8-26-9-7-14)23(32)20(29-18)22-27-10-11-33-22/h1-11H,12-13H2,(H,28,30). The lowest BCUT2D eigenvalue weighted by atomic mass is 10.2. The van der Waals surface area contributed by atoms with Crippen LogP contribution in [-0.4, -0.2) is 24.5 Å². The number of benzene rings is 1. The van der Waals surface area contributed by atoms with Crippen LogP contribution in [-0.2, 0) is 13.1 Å². The van der Waals surface area contributed by atoms with Gasteiger partial charge in [0.15, 0.2) is 11.3 Å². The topological polar surface area (TPSA) is 85.6 Å². The number of anilines is 1. The van der Waals surface area contributed by atoms with Crippen LogP contribution in [0.4, 0.5) is 14.6 Å². The molecule has 1 aromatic carbocycles. The second-order valence-electron chi connectivity index (χ2n) is 7.14. The third-order valence-corrected chi connectivity index (χ3v) is 5.80. The van der Waals surface area contributed by atoms with Crippen molar-refractivity contribution >= 4 is 28.3 Å². The molecule has 33 heavy (non-hydrogen) atoms. The van der Waals surface area contributed by atoms with E-state index in [0.29, 0.717) is 22.0 Å². The van der Waals surface area contributed by atoms with Crippen molar-refractivity contribution in [3.8, 4) is 10.7 Å². The molecule has 0 unspecified atom stereocenters. The summed E-state index contributed by atoms with van der Waals surface area (Å²) in [5.74, 6) is -0.933. The van der Waals surface area contributed by atoms with Crippen LogP contribution in [0.1, 0.15) is 11.1 Å². The van der Waals surface area contributed by atoms with Gasteiger partial charge in [-0.25, -0.2) is 23.7 Å². The average molecular weight is 462 g/mol. The zero-order valence-corrected chi connectivity index (χ0v) is 17.9. The Kier molecular flexibility index (Phi) is 5.57. The second kappa shape index (κ2) is 8.83. The summed E-state index contributed by atoms with van der Waals surface area (Å²) in [6.07, 6.45) is 4.91. The van der Waals surface area contributed by atoms with Gasteiger partial charge in [0.1, 0.15) is 28.0 Å². The Labute approximate surface area is 190 Å². The van der Waals surface area contributed by atoms with E-state index in [1.54, 1.807) is 36.1 Å². The molecule has 4 aromatic heterocycles. The van der Waals surface area contributed by atoms with Gasteiger partial charge in [-0.3, -0.25) is 14.3 Å². The van der Waals surface area contributed by atoms with Gasteiger partial charge in [-0.1, -0.05) is 6.07 Å². The molecular formula is C23H16F2N6OS. The number of halogens is 2. The minimum Gasteiger partial charge on any atom is -0.366 e. The van der Waals surface area contributed by atoms with Crippen molar-refractivity contribution < 1.29 is 8.78 Å². The van der Waals surface area contributed by atoms with Crippen LogP contribution in [0.25, 0.3) is 21.9 Å². The second-order valence-corrected chi connectivity index (χ2v) is 8.03. The number of hydrogen-bond acceptors (Lipinski definition) is 7. The Morgan fingerprint density at radius 1 is 0.970 bits per heavy atom. The van der Waals surface area contributed by atoms with Crippen LogP contribution in [0, 0.1) is 11.6 Å². The van der Waals surface area contributed by atoms with Gasteiger partial charge in [0, 0.05) is 36.1 Å². The minimum absolute atomic E-state index is 0.0918. The van der Waals surface area contributed by atoms with Crippen molar-refractivity contribution in [2.24, 2.45) is 0 Å². The number of nitrogens with one attached hydrogen (secondary N) is 1. The molecule has 0 spiro atoms. The number of nitrogens with zero attached hydrogens (tertiary/aromatic N) is 5. The first-order chi connectivity index (χ1) is 16.1. The molecule has 0 aliphatic carbocycles. The van der Waals surface area contributed by atoms with E-state index in [4.69, 9.17) is 0 Å². The van der Waals surface area contributed by atoms with E-state index in [0.717, 1.165) is 5.56 Å². The number of rotatable bonds is 6. The lowest BCUT2D eigenvalue weighted by Gasteiger charge is -2.13. The summed E-state index contributed by atoms with van der Waals surface area (Å²) >= 11 is 1.32. The van der Waals surface area contributed by atoms with Crippen LogP contribution in [0.2, 0.25) is 0 Å².